The Hall–Kier alpha value is -0.623. The van der Waals surface area contributed by atoms with Gasteiger partial charge < -0.3 is 18.2 Å². The number of likely N-dealkylation sites (N-methyl/N-ethyl adjacent to an activating group) is 1. The van der Waals surface area contributed by atoms with Crippen LogP contribution < -0.4 is 0 Å². The molecule has 0 radical (unpaired) electrons. The fourth-order valence-electron chi connectivity index (χ4n) is 1.50. The largest absolute Gasteiger partial charge is 0.553 e. The Balaban J connectivity index is 2.97. The minimum Gasteiger partial charge on any atom is -0.373 e. The molecule has 0 aromatic carbocycles. The predicted molar refractivity (Wildman–Crippen MR) is 56.6 cm³/mol. The second-order valence-electron chi connectivity index (χ2n) is 3.03. The quantitative estimate of drug-likeness (QED) is 0.649. The molecule has 0 spiro atoms. The van der Waals surface area contributed by atoms with Gasteiger partial charge in [-0.1, -0.05) is 12.2 Å². The standard InChI is InChI=1S/C9H17NO3Si/c1-10-8-6-5-7-9(10)14(11-2,12-3)13-4/h5-7H,8H2,1-4H3. The zero-order chi connectivity index (χ0) is 10.6. The summed E-state index contributed by atoms with van der Waals surface area (Å²) < 4.78 is 16.2. The van der Waals surface area contributed by atoms with Crippen LogP contribution >= 0.6 is 0 Å². The summed E-state index contributed by atoms with van der Waals surface area (Å²) >= 11 is 0. The van der Waals surface area contributed by atoms with E-state index in [1.54, 1.807) is 21.3 Å². The molecule has 1 rings (SSSR count). The molecule has 1 aliphatic heterocycles. The smallest absolute Gasteiger partial charge is 0.373 e. The number of allylic oxidation sites excluding steroid dienone is 2. The summed E-state index contributed by atoms with van der Waals surface area (Å²) in [6, 6.07) is 0. The maximum atomic E-state index is 5.40. The third kappa shape index (κ3) is 1.90. The first-order valence-corrected chi connectivity index (χ1v) is 6.16. The van der Waals surface area contributed by atoms with Crippen molar-refractivity contribution in [2.45, 2.75) is 0 Å². The molecule has 0 aliphatic carbocycles. The molecule has 0 saturated carbocycles. The van der Waals surface area contributed by atoms with Gasteiger partial charge in [0, 0.05) is 34.9 Å². The van der Waals surface area contributed by atoms with Crippen molar-refractivity contribution in [2.24, 2.45) is 0 Å². The summed E-state index contributed by atoms with van der Waals surface area (Å²) in [7, 11) is 4.20. The highest BCUT2D eigenvalue weighted by atomic mass is 28.4. The van der Waals surface area contributed by atoms with E-state index >= 15 is 0 Å². The summed E-state index contributed by atoms with van der Waals surface area (Å²) in [6.07, 6.45) is 6.05. The molecule has 1 heterocycles. The lowest BCUT2D eigenvalue weighted by Gasteiger charge is -2.33. The van der Waals surface area contributed by atoms with Crippen LogP contribution in [0.3, 0.4) is 0 Å². The lowest BCUT2D eigenvalue weighted by molar-refractivity contribution is 0.124. The number of nitrogens with zero attached hydrogens (tertiary/aromatic N) is 1. The first kappa shape index (κ1) is 11.5. The van der Waals surface area contributed by atoms with Gasteiger partial charge in [-0.25, -0.2) is 0 Å². The van der Waals surface area contributed by atoms with Gasteiger partial charge in [-0.3, -0.25) is 0 Å². The van der Waals surface area contributed by atoms with Crippen molar-refractivity contribution >= 4 is 8.80 Å². The molecule has 5 heteroatoms. The minimum absolute atomic E-state index is 0.858. The second-order valence-corrected chi connectivity index (χ2v) is 5.88. The molecular weight excluding hydrogens is 198 g/mol. The average molecular weight is 215 g/mol. The van der Waals surface area contributed by atoms with Crippen LogP contribution in [0.1, 0.15) is 0 Å². The Kier molecular flexibility index (Phi) is 3.88. The van der Waals surface area contributed by atoms with Gasteiger partial charge in [-0.2, -0.15) is 0 Å². The van der Waals surface area contributed by atoms with Gasteiger partial charge in [0.1, 0.15) is 0 Å². The van der Waals surface area contributed by atoms with E-state index in [9.17, 15) is 0 Å². The SMILES string of the molecule is CO[Si](OC)(OC)C1=CC=CCN1C. The highest BCUT2D eigenvalue weighted by molar-refractivity contribution is 6.68. The van der Waals surface area contributed by atoms with Gasteiger partial charge in [-0.15, -0.1) is 0 Å². The van der Waals surface area contributed by atoms with Crippen LogP contribution in [0.25, 0.3) is 0 Å². The van der Waals surface area contributed by atoms with Crippen molar-refractivity contribution in [3.05, 3.63) is 23.5 Å². The Morgan fingerprint density at radius 2 is 1.79 bits per heavy atom. The number of hydrogen-bond donors (Lipinski definition) is 0. The first-order valence-electron chi connectivity index (χ1n) is 4.44. The molecule has 0 atom stereocenters. The molecular formula is C9H17NO3Si. The van der Waals surface area contributed by atoms with Gasteiger partial charge in [0.25, 0.3) is 0 Å². The minimum atomic E-state index is -2.64. The van der Waals surface area contributed by atoms with E-state index in [0.717, 1.165) is 11.9 Å². The number of rotatable bonds is 4. The van der Waals surface area contributed by atoms with Crippen LogP contribution in [-0.4, -0.2) is 48.6 Å². The van der Waals surface area contributed by atoms with Crippen LogP contribution in [0.15, 0.2) is 23.5 Å². The summed E-state index contributed by atoms with van der Waals surface area (Å²) in [4.78, 5) is 2.07. The zero-order valence-corrected chi connectivity index (χ0v) is 10.1. The fourth-order valence-corrected chi connectivity index (χ4v) is 3.49. The van der Waals surface area contributed by atoms with Crippen molar-refractivity contribution in [3.8, 4) is 0 Å². The average Bonchev–Trinajstić information content (AvgIpc) is 2.24. The Morgan fingerprint density at radius 1 is 1.21 bits per heavy atom. The van der Waals surface area contributed by atoms with Gasteiger partial charge in [0.05, 0.1) is 5.32 Å². The summed E-state index contributed by atoms with van der Waals surface area (Å²) in [5, 5.41) is 0.993. The Labute approximate surface area is 86.1 Å². The lowest BCUT2D eigenvalue weighted by Crippen LogP contribution is -2.50. The zero-order valence-electron chi connectivity index (χ0n) is 9.11. The van der Waals surface area contributed by atoms with Gasteiger partial charge >= 0.3 is 8.80 Å². The second kappa shape index (κ2) is 4.74. The molecule has 14 heavy (non-hydrogen) atoms. The van der Waals surface area contributed by atoms with Crippen molar-refractivity contribution in [3.63, 3.8) is 0 Å². The third-order valence-electron chi connectivity index (χ3n) is 2.30. The van der Waals surface area contributed by atoms with E-state index in [2.05, 4.69) is 11.0 Å². The monoisotopic (exact) mass is 215 g/mol. The van der Waals surface area contributed by atoms with Crippen LogP contribution in [0.4, 0.5) is 0 Å². The highest BCUT2D eigenvalue weighted by Crippen LogP contribution is 2.22. The van der Waals surface area contributed by atoms with Gasteiger partial charge in [0.2, 0.25) is 0 Å². The van der Waals surface area contributed by atoms with Crippen molar-refractivity contribution in [1.82, 2.24) is 4.90 Å². The van der Waals surface area contributed by atoms with Crippen molar-refractivity contribution in [1.29, 1.82) is 0 Å². The van der Waals surface area contributed by atoms with E-state index in [1.165, 1.54) is 0 Å². The molecule has 0 unspecified atom stereocenters. The molecule has 0 saturated heterocycles. The molecule has 4 nitrogen and oxygen atoms in total. The molecule has 0 aromatic heterocycles. The maximum Gasteiger partial charge on any atom is 0.553 e. The topological polar surface area (TPSA) is 30.9 Å². The molecule has 80 valence electrons. The predicted octanol–water partition coefficient (Wildman–Crippen LogP) is 0.789. The molecule has 0 bridgehead atoms. The molecule has 0 fully saturated rings. The molecule has 0 amide bonds. The van der Waals surface area contributed by atoms with E-state index in [0.29, 0.717) is 0 Å². The van der Waals surface area contributed by atoms with Crippen LogP contribution in [0, 0.1) is 0 Å². The van der Waals surface area contributed by atoms with E-state index in [4.69, 9.17) is 13.3 Å². The van der Waals surface area contributed by atoms with E-state index in [-0.39, 0.29) is 0 Å². The highest BCUT2D eigenvalue weighted by Gasteiger charge is 2.45. The maximum absolute atomic E-state index is 5.40. The van der Waals surface area contributed by atoms with Crippen LogP contribution in [0.5, 0.6) is 0 Å². The van der Waals surface area contributed by atoms with Crippen molar-refractivity contribution < 1.29 is 13.3 Å². The Morgan fingerprint density at radius 3 is 2.21 bits per heavy atom. The fraction of sp³-hybridized carbons (Fsp3) is 0.556. The van der Waals surface area contributed by atoms with Gasteiger partial charge in [-0.05, 0) is 6.08 Å². The third-order valence-corrected chi connectivity index (χ3v) is 5.09. The number of hydrogen-bond acceptors (Lipinski definition) is 4. The van der Waals surface area contributed by atoms with Crippen LogP contribution in [0.2, 0.25) is 0 Å². The first-order chi connectivity index (χ1) is 6.70. The van der Waals surface area contributed by atoms with Gasteiger partial charge in [0.15, 0.2) is 0 Å². The van der Waals surface area contributed by atoms with Crippen LogP contribution in [-0.2, 0) is 13.3 Å². The summed E-state index contributed by atoms with van der Waals surface area (Å²) in [5.74, 6) is 0. The summed E-state index contributed by atoms with van der Waals surface area (Å²) in [5.41, 5.74) is 0. The normalized spacial score (nSPS) is 17.1. The lowest BCUT2D eigenvalue weighted by atomic mass is 10.4. The Bertz CT molecular complexity index is 240. The summed E-state index contributed by atoms with van der Waals surface area (Å²) in [6.45, 7) is 0.858. The molecule has 0 N–H and O–H groups in total. The molecule has 1 aliphatic rings. The van der Waals surface area contributed by atoms with E-state index < -0.39 is 8.80 Å². The molecule has 0 aromatic rings. The van der Waals surface area contributed by atoms with E-state index in [1.807, 2.05) is 19.2 Å². The van der Waals surface area contributed by atoms with Crippen molar-refractivity contribution in [2.75, 3.05) is 34.9 Å².